The monoisotopic (exact) mass is 414 g/mol. The molecule has 1 aliphatic heterocycles. The van der Waals surface area contributed by atoms with Crippen molar-refractivity contribution in [2.24, 2.45) is 0 Å². The van der Waals surface area contributed by atoms with Crippen molar-refractivity contribution in [1.82, 2.24) is 29.6 Å². The summed E-state index contributed by atoms with van der Waals surface area (Å²) in [5.41, 5.74) is -0.499. The van der Waals surface area contributed by atoms with Gasteiger partial charge in [-0.2, -0.15) is 5.06 Å². The molecule has 0 unspecified atom stereocenters. The molecule has 0 aromatic carbocycles. The molecule has 154 valence electrons. The van der Waals surface area contributed by atoms with Crippen molar-refractivity contribution >= 4 is 7.60 Å². The van der Waals surface area contributed by atoms with Crippen molar-refractivity contribution < 1.29 is 18.5 Å². The number of nitrogens with zero attached hydrogens (tertiary/aromatic N) is 5. The molecule has 2 atom stereocenters. The highest BCUT2D eigenvalue weighted by molar-refractivity contribution is 7.54. The van der Waals surface area contributed by atoms with E-state index in [2.05, 4.69) is 15.3 Å². The van der Waals surface area contributed by atoms with E-state index in [1.54, 1.807) is 27.1 Å². The summed E-state index contributed by atoms with van der Waals surface area (Å²) in [5.74, 6) is -0.577. The van der Waals surface area contributed by atoms with Crippen molar-refractivity contribution in [2.45, 2.75) is 38.8 Å². The van der Waals surface area contributed by atoms with Crippen LogP contribution in [0.1, 0.15) is 32.2 Å². The molecule has 0 radical (unpaired) electrons. The molecule has 1 aliphatic rings. The Balaban J connectivity index is 1.74. The number of hydrogen-bond donors (Lipinski definition) is 1. The number of nitrogens with one attached hydrogen (secondary N) is 1. The number of rotatable bonds is 8. The second-order valence-electron chi connectivity index (χ2n) is 6.13. The molecule has 3 heterocycles. The van der Waals surface area contributed by atoms with Gasteiger partial charge in [0, 0.05) is 25.7 Å². The first-order chi connectivity index (χ1) is 13.4. The lowest BCUT2D eigenvalue weighted by atomic mass is 10.4. The van der Waals surface area contributed by atoms with Crippen LogP contribution in [-0.4, -0.2) is 55.7 Å². The molecule has 28 heavy (non-hydrogen) atoms. The summed E-state index contributed by atoms with van der Waals surface area (Å²) in [6, 6.07) is 1.25. The molecule has 1 saturated heterocycles. The van der Waals surface area contributed by atoms with Gasteiger partial charge < -0.3 is 9.05 Å². The minimum absolute atomic E-state index is 0.137. The number of hydroxylamine groups is 2. The van der Waals surface area contributed by atoms with Crippen molar-refractivity contribution in [2.75, 3.05) is 20.3 Å². The van der Waals surface area contributed by atoms with Crippen LogP contribution in [0, 0.1) is 0 Å². The lowest BCUT2D eigenvalue weighted by molar-refractivity contribution is -0.162. The van der Waals surface area contributed by atoms with Crippen LogP contribution in [0.15, 0.2) is 28.0 Å². The fourth-order valence-electron chi connectivity index (χ4n) is 2.96. The zero-order valence-electron chi connectivity index (χ0n) is 15.8. The van der Waals surface area contributed by atoms with Crippen LogP contribution in [0.25, 0.3) is 0 Å². The predicted octanol–water partition coefficient (Wildman–Crippen LogP) is 0.534. The highest BCUT2D eigenvalue weighted by Crippen LogP contribution is 2.58. The average Bonchev–Trinajstić information content (AvgIpc) is 3.25. The van der Waals surface area contributed by atoms with Gasteiger partial charge in [0.25, 0.3) is 5.56 Å². The Morgan fingerprint density at radius 2 is 2.04 bits per heavy atom. The van der Waals surface area contributed by atoms with Gasteiger partial charge in [-0.25, -0.2) is 9.48 Å². The Morgan fingerprint density at radius 3 is 2.68 bits per heavy atom. The summed E-state index contributed by atoms with van der Waals surface area (Å²) in [7, 11) is -1.72. The number of aromatic nitrogens is 5. The SMILES string of the molecule is CCOP(=O)(OCC)[C@@H]1C[C@@H](n2cc(Cn3ccc(=O)[nH]c3=O)nn2)ON1C. The molecule has 13 heteroatoms. The Kier molecular flexibility index (Phi) is 6.26. The molecule has 12 nitrogen and oxygen atoms in total. The van der Waals surface area contributed by atoms with Gasteiger partial charge in [0.05, 0.1) is 26.0 Å². The first-order valence-electron chi connectivity index (χ1n) is 8.85. The normalized spacial score (nSPS) is 20.7. The quantitative estimate of drug-likeness (QED) is 0.614. The molecule has 1 N–H and O–H groups in total. The van der Waals surface area contributed by atoms with Crippen molar-refractivity contribution in [3.05, 3.63) is 45.0 Å². The summed E-state index contributed by atoms with van der Waals surface area (Å²) in [5, 5.41) is 9.54. The molecule has 2 aromatic heterocycles. The minimum Gasteiger partial charge on any atom is -0.308 e. The van der Waals surface area contributed by atoms with Crippen LogP contribution in [0.4, 0.5) is 0 Å². The fourth-order valence-corrected chi connectivity index (χ4v) is 4.99. The standard InChI is InChI=1S/C15H23N6O6P/c1-4-25-28(24,26-5-2)14-8-13(27-19(14)3)21-10-11(17-18-21)9-20-7-6-12(22)16-15(20)23/h6-7,10,13-14H,4-5,8-9H2,1-3H3,(H,16,22,23)/t13-,14+/m0/s1. The number of hydrogen-bond acceptors (Lipinski definition) is 9. The summed E-state index contributed by atoms with van der Waals surface area (Å²) >= 11 is 0. The zero-order valence-corrected chi connectivity index (χ0v) is 16.7. The van der Waals surface area contributed by atoms with E-state index >= 15 is 0 Å². The van der Waals surface area contributed by atoms with E-state index in [-0.39, 0.29) is 19.8 Å². The lowest BCUT2D eigenvalue weighted by Crippen LogP contribution is -2.28. The van der Waals surface area contributed by atoms with Gasteiger partial charge >= 0.3 is 13.3 Å². The van der Waals surface area contributed by atoms with Crippen LogP contribution in [0.3, 0.4) is 0 Å². The first-order valence-corrected chi connectivity index (χ1v) is 10.5. The second kappa shape index (κ2) is 8.50. The maximum atomic E-state index is 13.0. The van der Waals surface area contributed by atoms with Crippen LogP contribution >= 0.6 is 7.60 Å². The third-order valence-corrected chi connectivity index (χ3v) is 6.69. The molecule has 2 aromatic rings. The van der Waals surface area contributed by atoms with Gasteiger partial charge in [-0.05, 0) is 13.8 Å². The molecule has 0 bridgehead atoms. The molecule has 0 saturated carbocycles. The van der Waals surface area contributed by atoms with Gasteiger partial charge in [-0.3, -0.25) is 23.7 Å². The molecule has 0 spiro atoms. The van der Waals surface area contributed by atoms with Crippen LogP contribution in [-0.2, 0) is 25.0 Å². The van der Waals surface area contributed by atoms with E-state index in [1.807, 2.05) is 0 Å². The minimum atomic E-state index is -3.38. The van der Waals surface area contributed by atoms with Gasteiger partial charge in [-0.15, -0.1) is 5.10 Å². The van der Waals surface area contributed by atoms with Crippen LogP contribution < -0.4 is 11.2 Å². The van der Waals surface area contributed by atoms with E-state index in [9.17, 15) is 14.2 Å². The second-order valence-corrected chi connectivity index (χ2v) is 8.32. The van der Waals surface area contributed by atoms with E-state index in [4.69, 9.17) is 13.9 Å². The average molecular weight is 414 g/mol. The summed E-state index contributed by atoms with van der Waals surface area (Å²) < 4.78 is 26.7. The van der Waals surface area contributed by atoms with Crippen molar-refractivity contribution in [3.63, 3.8) is 0 Å². The van der Waals surface area contributed by atoms with Gasteiger partial charge in [-0.1, -0.05) is 5.21 Å². The maximum Gasteiger partial charge on any atom is 0.350 e. The van der Waals surface area contributed by atoms with E-state index < -0.39 is 30.9 Å². The van der Waals surface area contributed by atoms with E-state index in [0.717, 1.165) is 0 Å². The molecule has 3 rings (SSSR count). The summed E-state index contributed by atoms with van der Waals surface area (Å²) in [6.07, 6.45) is 2.80. The van der Waals surface area contributed by atoms with E-state index in [1.165, 1.54) is 26.6 Å². The molecule has 0 amide bonds. The predicted molar refractivity (Wildman–Crippen MR) is 97.6 cm³/mol. The highest BCUT2D eigenvalue weighted by atomic mass is 31.2. The Morgan fingerprint density at radius 1 is 1.32 bits per heavy atom. The zero-order chi connectivity index (χ0) is 20.3. The Bertz CT molecular complexity index is 960. The van der Waals surface area contributed by atoms with Gasteiger partial charge in [0.1, 0.15) is 11.5 Å². The highest BCUT2D eigenvalue weighted by Gasteiger charge is 2.46. The van der Waals surface area contributed by atoms with Crippen molar-refractivity contribution in [1.29, 1.82) is 0 Å². The van der Waals surface area contributed by atoms with E-state index in [0.29, 0.717) is 12.1 Å². The van der Waals surface area contributed by atoms with Crippen molar-refractivity contribution in [3.8, 4) is 0 Å². The van der Waals surface area contributed by atoms with Gasteiger partial charge in [0.2, 0.25) is 0 Å². The van der Waals surface area contributed by atoms with Crippen LogP contribution in [0.5, 0.6) is 0 Å². The fraction of sp³-hybridized carbons (Fsp3) is 0.600. The molecular weight excluding hydrogens is 391 g/mol. The maximum absolute atomic E-state index is 13.0. The molecular formula is C15H23N6O6P. The number of H-pyrrole nitrogens is 1. The topological polar surface area (TPSA) is 134 Å². The summed E-state index contributed by atoms with van der Waals surface area (Å²) in [6.45, 7) is 4.15. The first kappa shape index (κ1) is 20.6. The lowest BCUT2D eigenvalue weighted by Gasteiger charge is -2.25. The third kappa shape index (κ3) is 4.31. The third-order valence-electron chi connectivity index (χ3n) is 4.19. The molecule has 1 fully saturated rings. The smallest absolute Gasteiger partial charge is 0.308 e. The van der Waals surface area contributed by atoms with Gasteiger partial charge in [0.15, 0.2) is 6.23 Å². The van der Waals surface area contributed by atoms with Crippen LogP contribution in [0.2, 0.25) is 0 Å². The number of aromatic amines is 1. The Hall–Kier alpha value is -2.11. The largest absolute Gasteiger partial charge is 0.350 e. The summed E-state index contributed by atoms with van der Waals surface area (Å²) in [4.78, 5) is 30.9. The Labute approximate surface area is 160 Å². The molecule has 0 aliphatic carbocycles.